The smallest absolute Gasteiger partial charge is 0.118 e. The van der Waals surface area contributed by atoms with Gasteiger partial charge in [-0.25, -0.2) is 0 Å². The van der Waals surface area contributed by atoms with Gasteiger partial charge >= 0.3 is 0 Å². The van der Waals surface area contributed by atoms with E-state index in [2.05, 4.69) is 30.4 Å². The number of benzene rings is 2. The molecule has 2 rings (SSSR count). The summed E-state index contributed by atoms with van der Waals surface area (Å²) in [7, 11) is 1.66. The fraction of sp³-hybridized carbons (Fsp3) is 0.235. The summed E-state index contributed by atoms with van der Waals surface area (Å²) in [5.41, 5.74) is 2.72. The SMILES string of the molecule is CCC(Nc1ccccc1C#N)c1ccc(OC)cc1. The van der Waals surface area contributed by atoms with Crippen molar-refractivity contribution in [1.82, 2.24) is 0 Å². The molecule has 0 aromatic heterocycles. The van der Waals surface area contributed by atoms with Gasteiger partial charge in [-0.1, -0.05) is 31.2 Å². The van der Waals surface area contributed by atoms with Crippen molar-refractivity contribution in [3.63, 3.8) is 0 Å². The van der Waals surface area contributed by atoms with Crippen molar-refractivity contribution in [2.24, 2.45) is 0 Å². The van der Waals surface area contributed by atoms with Crippen LogP contribution in [0.4, 0.5) is 5.69 Å². The third-order valence-electron chi connectivity index (χ3n) is 3.30. The van der Waals surface area contributed by atoms with Crippen molar-refractivity contribution in [2.75, 3.05) is 12.4 Å². The Morgan fingerprint density at radius 3 is 2.45 bits per heavy atom. The van der Waals surface area contributed by atoms with Crippen LogP contribution < -0.4 is 10.1 Å². The van der Waals surface area contributed by atoms with Gasteiger partial charge < -0.3 is 10.1 Å². The molecule has 1 unspecified atom stereocenters. The molecule has 0 radical (unpaired) electrons. The van der Waals surface area contributed by atoms with E-state index in [9.17, 15) is 0 Å². The Kier molecular flexibility index (Phi) is 4.62. The molecule has 0 amide bonds. The van der Waals surface area contributed by atoms with Gasteiger partial charge in [0.05, 0.1) is 24.4 Å². The fourth-order valence-corrected chi connectivity index (χ4v) is 2.15. The largest absolute Gasteiger partial charge is 0.497 e. The molecule has 0 aliphatic carbocycles. The van der Waals surface area contributed by atoms with Crippen LogP contribution in [0.15, 0.2) is 48.5 Å². The number of nitriles is 1. The maximum atomic E-state index is 9.14. The highest BCUT2D eigenvalue weighted by Gasteiger charge is 2.11. The second-order valence-electron chi connectivity index (χ2n) is 4.54. The lowest BCUT2D eigenvalue weighted by molar-refractivity contribution is 0.414. The maximum absolute atomic E-state index is 9.14. The first-order chi connectivity index (χ1) is 9.78. The normalized spacial score (nSPS) is 11.4. The minimum atomic E-state index is 0.176. The number of ether oxygens (including phenoxy) is 1. The molecule has 0 bridgehead atoms. The average molecular weight is 266 g/mol. The lowest BCUT2D eigenvalue weighted by atomic mass is 10.0. The van der Waals surface area contributed by atoms with E-state index in [1.807, 2.05) is 36.4 Å². The number of para-hydroxylation sites is 1. The summed E-state index contributed by atoms with van der Waals surface area (Å²) in [5, 5.41) is 12.6. The van der Waals surface area contributed by atoms with E-state index in [-0.39, 0.29) is 6.04 Å². The van der Waals surface area contributed by atoms with Gasteiger partial charge in [0.1, 0.15) is 11.8 Å². The van der Waals surface area contributed by atoms with Crippen LogP contribution in [-0.2, 0) is 0 Å². The van der Waals surface area contributed by atoms with Crippen LogP contribution in [0, 0.1) is 11.3 Å². The highest BCUT2D eigenvalue weighted by Crippen LogP contribution is 2.26. The van der Waals surface area contributed by atoms with E-state index in [4.69, 9.17) is 10.00 Å². The summed E-state index contributed by atoms with van der Waals surface area (Å²) in [5.74, 6) is 0.848. The van der Waals surface area contributed by atoms with Gasteiger partial charge in [0, 0.05) is 0 Å². The molecule has 2 aromatic rings. The average Bonchev–Trinajstić information content (AvgIpc) is 2.53. The van der Waals surface area contributed by atoms with Crippen LogP contribution in [0.25, 0.3) is 0 Å². The number of nitrogens with one attached hydrogen (secondary N) is 1. The lowest BCUT2D eigenvalue weighted by Crippen LogP contribution is -2.10. The Morgan fingerprint density at radius 1 is 1.15 bits per heavy atom. The highest BCUT2D eigenvalue weighted by molar-refractivity contribution is 5.58. The predicted molar refractivity (Wildman–Crippen MR) is 80.8 cm³/mol. The van der Waals surface area contributed by atoms with Gasteiger partial charge in [0.15, 0.2) is 0 Å². The Bertz CT molecular complexity index is 599. The fourth-order valence-electron chi connectivity index (χ4n) is 2.15. The van der Waals surface area contributed by atoms with Gasteiger partial charge in [-0.3, -0.25) is 0 Å². The summed E-state index contributed by atoms with van der Waals surface area (Å²) < 4.78 is 5.17. The number of methoxy groups -OCH3 is 1. The second-order valence-corrected chi connectivity index (χ2v) is 4.54. The molecule has 0 saturated carbocycles. The van der Waals surface area contributed by atoms with Gasteiger partial charge in [0.2, 0.25) is 0 Å². The molecule has 20 heavy (non-hydrogen) atoms. The number of hydrogen-bond acceptors (Lipinski definition) is 3. The van der Waals surface area contributed by atoms with Crippen molar-refractivity contribution < 1.29 is 4.74 Å². The zero-order valence-electron chi connectivity index (χ0n) is 11.8. The second kappa shape index (κ2) is 6.63. The first-order valence-electron chi connectivity index (χ1n) is 6.68. The Labute approximate surface area is 119 Å². The molecule has 0 aliphatic rings. The molecule has 0 saturated heterocycles. The van der Waals surface area contributed by atoms with E-state index in [1.165, 1.54) is 5.56 Å². The first kappa shape index (κ1) is 14.0. The van der Waals surface area contributed by atoms with Gasteiger partial charge in [-0.15, -0.1) is 0 Å². The van der Waals surface area contributed by atoms with Crippen molar-refractivity contribution in [3.05, 3.63) is 59.7 Å². The van der Waals surface area contributed by atoms with Crippen LogP contribution in [0.5, 0.6) is 5.75 Å². The molecule has 0 spiro atoms. The number of nitrogens with zero attached hydrogens (tertiary/aromatic N) is 1. The van der Waals surface area contributed by atoms with E-state index in [0.717, 1.165) is 17.9 Å². The number of anilines is 1. The van der Waals surface area contributed by atoms with E-state index < -0.39 is 0 Å². The van der Waals surface area contributed by atoms with E-state index in [1.54, 1.807) is 7.11 Å². The topological polar surface area (TPSA) is 45.0 Å². The minimum absolute atomic E-state index is 0.176. The maximum Gasteiger partial charge on any atom is 0.118 e. The monoisotopic (exact) mass is 266 g/mol. The molecular formula is C17H18N2O. The molecule has 3 nitrogen and oxygen atoms in total. The Balaban J connectivity index is 2.22. The third kappa shape index (κ3) is 3.10. The van der Waals surface area contributed by atoms with Crippen LogP contribution in [0.2, 0.25) is 0 Å². The van der Waals surface area contributed by atoms with Crippen molar-refractivity contribution in [1.29, 1.82) is 5.26 Å². The van der Waals surface area contributed by atoms with Gasteiger partial charge in [-0.2, -0.15) is 5.26 Å². The predicted octanol–water partition coefficient (Wildman–Crippen LogP) is 4.13. The molecule has 0 fully saturated rings. The van der Waals surface area contributed by atoms with Crippen LogP contribution in [0.3, 0.4) is 0 Å². The van der Waals surface area contributed by atoms with Gasteiger partial charge in [0.25, 0.3) is 0 Å². The zero-order valence-corrected chi connectivity index (χ0v) is 11.8. The number of rotatable bonds is 5. The van der Waals surface area contributed by atoms with E-state index >= 15 is 0 Å². The van der Waals surface area contributed by atoms with Crippen molar-refractivity contribution in [3.8, 4) is 11.8 Å². The highest BCUT2D eigenvalue weighted by atomic mass is 16.5. The zero-order chi connectivity index (χ0) is 14.4. The van der Waals surface area contributed by atoms with Crippen LogP contribution >= 0.6 is 0 Å². The summed E-state index contributed by atoms with van der Waals surface area (Å²) in [6, 6.07) is 18.0. The Hall–Kier alpha value is -2.47. The molecule has 1 N–H and O–H groups in total. The first-order valence-corrected chi connectivity index (χ1v) is 6.68. The van der Waals surface area contributed by atoms with Crippen LogP contribution in [-0.4, -0.2) is 7.11 Å². The number of hydrogen-bond donors (Lipinski definition) is 1. The minimum Gasteiger partial charge on any atom is -0.497 e. The van der Waals surface area contributed by atoms with Crippen molar-refractivity contribution in [2.45, 2.75) is 19.4 Å². The Morgan fingerprint density at radius 2 is 1.85 bits per heavy atom. The molecular weight excluding hydrogens is 248 g/mol. The standard InChI is InChI=1S/C17H18N2O/c1-3-16(13-8-10-15(20-2)11-9-13)19-17-7-5-4-6-14(17)12-18/h4-11,16,19H,3H2,1-2H3. The molecule has 102 valence electrons. The summed E-state index contributed by atoms with van der Waals surface area (Å²) in [4.78, 5) is 0. The van der Waals surface area contributed by atoms with Gasteiger partial charge in [-0.05, 0) is 36.2 Å². The van der Waals surface area contributed by atoms with Crippen LogP contribution in [0.1, 0.15) is 30.5 Å². The molecule has 3 heteroatoms. The third-order valence-corrected chi connectivity index (χ3v) is 3.30. The van der Waals surface area contributed by atoms with E-state index in [0.29, 0.717) is 5.56 Å². The summed E-state index contributed by atoms with van der Waals surface area (Å²) in [6.07, 6.45) is 0.937. The summed E-state index contributed by atoms with van der Waals surface area (Å²) in [6.45, 7) is 2.12. The quantitative estimate of drug-likeness (QED) is 0.885. The molecule has 0 heterocycles. The molecule has 2 aromatic carbocycles. The lowest BCUT2D eigenvalue weighted by Gasteiger charge is -2.19. The summed E-state index contributed by atoms with van der Waals surface area (Å²) >= 11 is 0. The van der Waals surface area contributed by atoms with Crippen molar-refractivity contribution >= 4 is 5.69 Å². The molecule has 0 aliphatic heterocycles. The molecule has 1 atom stereocenters.